The number of phenols is 1. The molecule has 10 atom stereocenters. The number of alkyl halides is 2. The van der Waals surface area contributed by atoms with Crippen molar-refractivity contribution in [3.63, 3.8) is 0 Å². The summed E-state index contributed by atoms with van der Waals surface area (Å²) in [4.78, 5) is 26.8. The number of halogens is 2. The van der Waals surface area contributed by atoms with Crippen LogP contribution in [0, 0.1) is 22.7 Å². The highest BCUT2D eigenvalue weighted by atomic mass is 32.2. The molecule has 1 aliphatic heterocycles. The molecule has 4 aliphatic carbocycles. The minimum atomic E-state index is -2.29. The van der Waals surface area contributed by atoms with E-state index in [1.54, 1.807) is 30.8 Å². The number of carbonyl (C=O) groups excluding carboxylic acids is 2. The molecule has 0 aromatic heterocycles. The first-order valence-corrected chi connectivity index (χ1v) is 16.3. The number of aliphatic hydroxyl groups excluding tert-OH is 2. The van der Waals surface area contributed by atoms with Crippen LogP contribution in [0.25, 0.3) is 0 Å². The molecule has 10 heteroatoms. The lowest BCUT2D eigenvalue weighted by molar-refractivity contribution is -0.235. The van der Waals surface area contributed by atoms with Gasteiger partial charge in [0.05, 0.1) is 12.2 Å². The van der Waals surface area contributed by atoms with E-state index in [9.17, 15) is 24.9 Å². The van der Waals surface area contributed by atoms with Crippen LogP contribution in [-0.4, -0.2) is 63.1 Å². The smallest absolute Gasteiger partial charge is 0.193 e. The number of rotatable bonds is 6. The van der Waals surface area contributed by atoms with Crippen molar-refractivity contribution in [2.75, 3.05) is 6.61 Å². The van der Waals surface area contributed by atoms with Crippen LogP contribution in [0.5, 0.6) is 5.75 Å². The minimum absolute atomic E-state index is 0.0352. The molecule has 2 aromatic rings. The summed E-state index contributed by atoms with van der Waals surface area (Å²) in [5.74, 6) is -1.71. The van der Waals surface area contributed by atoms with E-state index < -0.39 is 76.8 Å². The third-order valence-corrected chi connectivity index (χ3v) is 12.5. The van der Waals surface area contributed by atoms with Gasteiger partial charge in [-0.25, -0.2) is 8.78 Å². The van der Waals surface area contributed by atoms with Gasteiger partial charge in [-0.05, 0) is 79.7 Å². The van der Waals surface area contributed by atoms with Gasteiger partial charge in [-0.15, -0.1) is 11.8 Å². The number of carbonyl (C=O) groups is 2. The maximum Gasteiger partial charge on any atom is 0.193 e. The largest absolute Gasteiger partial charge is 0.508 e. The molecule has 4 fully saturated rings. The Morgan fingerprint density at radius 1 is 1.07 bits per heavy atom. The Balaban J connectivity index is 1.17. The molecule has 45 heavy (non-hydrogen) atoms. The second kappa shape index (κ2) is 10.6. The second-order valence-corrected chi connectivity index (χ2v) is 14.6. The van der Waals surface area contributed by atoms with Gasteiger partial charge in [0.15, 0.2) is 29.1 Å². The zero-order valence-electron chi connectivity index (χ0n) is 25.0. The number of Topliss-reactive ketones (excluding diaryl/α,β-unsaturated/α-hetero) is 1. The molecule has 0 radical (unpaired) electrons. The van der Waals surface area contributed by atoms with E-state index in [1.165, 1.54) is 19.1 Å². The van der Waals surface area contributed by atoms with E-state index in [2.05, 4.69) is 0 Å². The van der Waals surface area contributed by atoms with Crippen molar-refractivity contribution in [2.45, 2.75) is 79.7 Å². The molecule has 1 saturated heterocycles. The number of thioether (sulfide) groups is 1. The normalized spacial score (nSPS) is 41.6. The zero-order chi connectivity index (χ0) is 31.9. The molecule has 5 aliphatic rings. The lowest BCUT2D eigenvalue weighted by atomic mass is 9.44. The fourth-order valence-corrected chi connectivity index (χ4v) is 10.0. The Hall–Kier alpha value is -2.89. The van der Waals surface area contributed by atoms with Crippen molar-refractivity contribution in [1.82, 2.24) is 0 Å². The Morgan fingerprint density at radius 3 is 2.47 bits per heavy atom. The van der Waals surface area contributed by atoms with Crippen molar-refractivity contribution in [3.05, 3.63) is 83.5 Å². The maximum atomic E-state index is 17.5. The summed E-state index contributed by atoms with van der Waals surface area (Å²) in [6.45, 7) is 2.47. The minimum Gasteiger partial charge on any atom is -0.508 e. The molecular formula is C35H36F2O7S. The zero-order valence-corrected chi connectivity index (χ0v) is 25.8. The van der Waals surface area contributed by atoms with Gasteiger partial charge in [0.1, 0.15) is 18.5 Å². The number of ketones is 2. The maximum absolute atomic E-state index is 17.5. The van der Waals surface area contributed by atoms with Crippen LogP contribution in [0.1, 0.15) is 50.5 Å². The summed E-state index contributed by atoms with van der Waals surface area (Å²) in [7, 11) is 0. The van der Waals surface area contributed by atoms with Crippen LogP contribution in [0.2, 0.25) is 0 Å². The van der Waals surface area contributed by atoms with Crippen LogP contribution < -0.4 is 0 Å². The summed E-state index contributed by atoms with van der Waals surface area (Å²) in [5.41, 5.74) is -4.92. The first kappa shape index (κ1) is 30.7. The van der Waals surface area contributed by atoms with E-state index in [-0.39, 0.29) is 30.6 Å². The fourth-order valence-electron chi connectivity index (χ4n) is 9.19. The monoisotopic (exact) mass is 638 g/mol. The van der Waals surface area contributed by atoms with E-state index >= 15 is 8.78 Å². The van der Waals surface area contributed by atoms with Crippen LogP contribution in [-0.2, 0) is 24.8 Å². The van der Waals surface area contributed by atoms with Crippen LogP contribution in [0.4, 0.5) is 8.78 Å². The quantitative estimate of drug-likeness (QED) is 0.364. The van der Waals surface area contributed by atoms with Gasteiger partial charge in [-0.1, -0.05) is 37.3 Å². The molecule has 3 saturated carbocycles. The standard InChI is InChI=1S/C35H36F2O7S/c1-32-12-11-22(40)13-26(32)27(36)14-25-24-15-30-35(29(42)17-38,33(24,2)16-28(41)34(25,32)37)44-31(43-30)20-5-9-23(10-6-20)45-18-19-3-7-21(39)8-4-19/h3-13,24-25,27-28,30-31,38-39,41H,14-18H2,1-2H3/t24-,25-,27-,28-,30+,31+,32-,33-,34-,35+/m0/s1. The number of aliphatic hydroxyl groups is 2. The highest BCUT2D eigenvalue weighted by molar-refractivity contribution is 7.98. The highest BCUT2D eigenvalue weighted by Gasteiger charge is 2.80. The molecule has 2 aromatic carbocycles. The number of fused-ring (bicyclic) bond motifs is 7. The molecule has 3 N–H and O–H groups in total. The Morgan fingerprint density at radius 2 is 1.78 bits per heavy atom. The summed E-state index contributed by atoms with van der Waals surface area (Å²) >= 11 is 1.62. The predicted octanol–water partition coefficient (Wildman–Crippen LogP) is 5.33. The van der Waals surface area contributed by atoms with Gasteiger partial charge in [-0.2, -0.15) is 0 Å². The van der Waals surface area contributed by atoms with Crippen LogP contribution >= 0.6 is 11.8 Å². The van der Waals surface area contributed by atoms with Crippen molar-refractivity contribution in [1.29, 1.82) is 0 Å². The van der Waals surface area contributed by atoms with Gasteiger partial charge in [-0.3, -0.25) is 9.59 Å². The van der Waals surface area contributed by atoms with Crippen molar-refractivity contribution >= 4 is 23.3 Å². The van der Waals surface area contributed by atoms with E-state index in [1.807, 2.05) is 36.4 Å². The lowest BCUT2D eigenvalue weighted by Crippen LogP contribution is -2.70. The predicted molar refractivity (Wildman–Crippen MR) is 162 cm³/mol. The summed E-state index contributed by atoms with van der Waals surface area (Å²) in [6, 6.07) is 14.6. The summed E-state index contributed by atoms with van der Waals surface area (Å²) < 4.78 is 46.3. The summed E-state index contributed by atoms with van der Waals surface area (Å²) in [6.07, 6.45) is -1.45. The highest BCUT2D eigenvalue weighted by Crippen LogP contribution is 2.72. The SMILES string of the molecule is C[C@]12C=CC(=O)C=C1[C@@H](F)C[C@H]1[C@@H]3C[C@H]4O[C@@H](c5ccc(SCc6ccc(O)cc6)cc5)O[C@@]4(C(=O)CO)[C@@]3(C)C[C@H](O)[C@@]12F. The molecule has 0 spiro atoms. The molecule has 1 heterocycles. The number of phenolic OH excluding ortho intramolecular Hbond substituents is 1. The molecule has 7 rings (SSSR count). The van der Waals surface area contributed by atoms with Crippen molar-refractivity contribution in [3.8, 4) is 5.75 Å². The van der Waals surface area contributed by atoms with E-state index in [0.29, 0.717) is 11.3 Å². The average molecular weight is 639 g/mol. The molecule has 238 valence electrons. The number of hydrogen-bond acceptors (Lipinski definition) is 8. The first-order valence-electron chi connectivity index (χ1n) is 15.3. The third-order valence-electron chi connectivity index (χ3n) is 11.4. The van der Waals surface area contributed by atoms with Gasteiger partial charge in [0.2, 0.25) is 0 Å². The van der Waals surface area contributed by atoms with Gasteiger partial charge < -0.3 is 24.8 Å². The fraction of sp³-hybridized carbons (Fsp3) is 0.486. The topological polar surface area (TPSA) is 113 Å². The van der Waals surface area contributed by atoms with Gasteiger partial charge in [0, 0.05) is 33.0 Å². The molecule has 0 unspecified atom stereocenters. The Kier molecular flexibility index (Phi) is 7.22. The van der Waals surface area contributed by atoms with Crippen LogP contribution in [0.15, 0.2) is 77.2 Å². The van der Waals surface area contributed by atoms with E-state index in [0.717, 1.165) is 16.5 Å². The molecule has 0 bridgehead atoms. The van der Waals surface area contributed by atoms with Gasteiger partial charge >= 0.3 is 0 Å². The number of benzene rings is 2. The number of ether oxygens (including phenoxy) is 2. The third kappa shape index (κ3) is 4.22. The number of allylic oxidation sites excluding steroid dienone is 4. The van der Waals surface area contributed by atoms with Crippen molar-refractivity contribution < 1.29 is 43.2 Å². The molecule has 0 amide bonds. The average Bonchev–Trinajstić information content (AvgIpc) is 3.52. The Bertz CT molecular complexity index is 1590. The number of aromatic hydroxyl groups is 1. The number of hydrogen-bond donors (Lipinski definition) is 3. The molecular weight excluding hydrogens is 602 g/mol. The first-order chi connectivity index (χ1) is 21.4. The van der Waals surface area contributed by atoms with E-state index in [4.69, 9.17) is 9.47 Å². The lowest BCUT2D eigenvalue weighted by Gasteiger charge is -2.63. The second-order valence-electron chi connectivity index (χ2n) is 13.5. The van der Waals surface area contributed by atoms with Crippen molar-refractivity contribution in [2.24, 2.45) is 22.7 Å². The summed E-state index contributed by atoms with van der Waals surface area (Å²) in [5, 5.41) is 31.3. The van der Waals surface area contributed by atoms with Gasteiger partial charge in [0.25, 0.3) is 0 Å². The Labute approximate surface area is 264 Å². The van der Waals surface area contributed by atoms with Crippen LogP contribution in [0.3, 0.4) is 0 Å². The molecule has 7 nitrogen and oxygen atoms in total.